The predicted octanol–water partition coefficient (Wildman–Crippen LogP) is 1.96. The van der Waals surface area contributed by atoms with Crippen molar-refractivity contribution in [2.24, 2.45) is 17.4 Å². The first kappa shape index (κ1) is 36.6. The Bertz CT molecular complexity index is 1450. The van der Waals surface area contributed by atoms with Gasteiger partial charge in [-0.1, -0.05) is 105 Å². The Morgan fingerprint density at radius 2 is 1.15 bits per heavy atom. The number of benzene rings is 3. The second-order valence-corrected chi connectivity index (χ2v) is 11.9. The Balaban J connectivity index is 1.70. The Morgan fingerprint density at radius 3 is 1.70 bits per heavy atom. The maximum Gasteiger partial charge on any atom is 0.243 e. The monoisotopic (exact) mass is 643 g/mol. The molecule has 0 aliphatic heterocycles. The van der Waals surface area contributed by atoms with E-state index >= 15 is 0 Å². The van der Waals surface area contributed by atoms with Gasteiger partial charge in [0, 0.05) is 6.42 Å². The summed E-state index contributed by atoms with van der Waals surface area (Å²) in [4.78, 5) is 65.4. The van der Waals surface area contributed by atoms with Crippen molar-refractivity contribution in [3.05, 3.63) is 108 Å². The van der Waals surface area contributed by atoms with E-state index in [-0.39, 0.29) is 44.2 Å². The molecule has 0 aromatic heterocycles. The number of hydrogen-bond acceptors (Lipinski definition) is 7. The van der Waals surface area contributed by atoms with Crippen LogP contribution in [0.15, 0.2) is 91.0 Å². The molecule has 3 aromatic carbocycles. The van der Waals surface area contributed by atoms with E-state index in [1.54, 1.807) is 0 Å². The topological polar surface area (TPSA) is 183 Å². The predicted molar refractivity (Wildman–Crippen MR) is 178 cm³/mol. The van der Waals surface area contributed by atoms with Crippen molar-refractivity contribution in [2.75, 3.05) is 6.61 Å². The summed E-state index contributed by atoms with van der Waals surface area (Å²) in [5.74, 6) is -3.15. The van der Waals surface area contributed by atoms with Crippen LogP contribution in [0, 0.1) is 5.92 Å². The summed E-state index contributed by atoms with van der Waals surface area (Å²) in [6.07, 6.45) is -0.0149. The van der Waals surface area contributed by atoms with Crippen LogP contribution in [-0.2, 0) is 48.2 Å². The highest BCUT2D eigenvalue weighted by atomic mass is 16.5. The Hall–Kier alpha value is -4.87. The molecule has 11 nitrogen and oxygen atoms in total. The van der Waals surface area contributed by atoms with Gasteiger partial charge >= 0.3 is 0 Å². The van der Waals surface area contributed by atoms with Gasteiger partial charge < -0.3 is 32.2 Å². The average molecular weight is 644 g/mol. The molecule has 0 heterocycles. The van der Waals surface area contributed by atoms with Crippen LogP contribution in [0.4, 0.5) is 0 Å². The zero-order valence-electron chi connectivity index (χ0n) is 26.9. The number of Topliss-reactive ketones (excluding diaryl/α,β-unsaturated/α-hetero) is 1. The summed E-state index contributed by atoms with van der Waals surface area (Å²) in [5, 5.41) is 7.96. The van der Waals surface area contributed by atoms with Gasteiger partial charge in [0.1, 0.15) is 18.1 Å². The van der Waals surface area contributed by atoms with Crippen molar-refractivity contribution in [1.29, 1.82) is 0 Å². The summed E-state index contributed by atoms with van der Waals surface area (Å²) in [6, 6.07) is 23.3. The smallest absolute Gasteiger partial charge is 0.243 e. The van der Waals surface area contributed by atoms with Crippen molar-refractivity contribution in [1.82, 2.24) is 16.0 Å². The number of amides is 4. The molecule has 0 aliphatic rings. The molecule has 4 amide bonds. The molecule has 0 unspecified atom stereocenters. The SMILES string of the molecule is CC(C)C[C@H](NC(=O)[C@@H](N)COCc1ccccc1)C(=O)N[C@@H](CC(N)=O)C(=O)N[C@@H](Cc1ccccc1)C(=O)Cc1ccccc1. The lowest BCUT2D eigenvalue weighted by Crippen LogP contribution is -2.58. The summed E-state index contributed by atoms with van der Waals surface area (Å²) < 4.78 is 5.58. The van der Waals surface area contributed by atoms with E-state index in [2.05, 4.69) is 16.0 Å². The molecule has 0 fully saturated rings. The molecule has 0 saturated carbocycles. The van der Waals surface area contributed by atoms with Crippen LogP contribution in [0.25, 0.3) is 0 Å². The van der Waals surface area contributed by atoms with E-state index in [0.29, 0.717) is 0 Å². The van der Waals surface area contributed by atoms with Gasteiger partial charge in [0.05, 0.1) is 25.7 Å². The van der Waals surface area contributed by atoms with Crippen LogP contribution in [0.1, 0.15) is 43.4 Å². The van der Waals surface area contributed by atoms with Gasteiger partial charge in [-0.15, -0.1) is 0 Å². The maximum atomic E-state index is 13.6. The fourth-order valence-corrected chi connectivity index (χ4v) is 4.91. The molecule has 7 N–H and O–H groups in total. The van der Waals surface area contributed by atoms with Crippen LogP contribution in [0.2, 0.25) is 0 Å². The first-order chi connectivity index (χ1) is 22.5. The minimum atomic E-state index is -1.39. The molecule has 3 aromatic rings. The molecule has 0 bridgehead atoms. The van der Waals surface area contributed by atoms with Crippen molar-refractivity contribution in [3.63, 3.8) is 0 Å². The van der Waals surface area contributed by atoms with E-state index in [1.807, 2.05) is 105 Å². The fourth-order valence-electron chi connectivity index (χ4n) is 4.91. The summed E-state index contributed by atoms with van der Waals surface area (Å²) in [5.41, 5.74) is 14.0. The Kier molecular flexibility index (Phi) is 14.8. The minimum absolute atomic E-state index is 0.0223. The molecule has 250 valence electrons. The standard InChI is InChI=1S/C36H45N5O6/c1-24(2)18-30(40-34(44)28(37)23-47-22-27-16-10-5-11-17-27)35(45)41-31(21-33(38)43)36(46)39-29(19-25-12-6-3-7-13-25)32(42)20-26-14-8-4-9-15-26/h3-17,24,28-31H,18-23,37H2,1-2H3,(H2,38,43)(H,39,46)(H,40,44)(H,41,45)/t28-,29-,30-,31-/m0/s1. The van der Waals surface area contributed by atoms with Gasteiger partial charge in [-0.3, -0.25) is 24.0 Å². The van der Waals surface area contributed by atoms with Crippen molar-refractivity contribution in [2.45, 2.75) is 70.3 Å². The van der Waals surface area contributed by atoms with E-state index in [4.69, 9.17) is 16.2 Å². The van der Waals surface area contributed by atoms with Gasteiger partial charge in [0.25, 0.3) is 0 Å². The molecular weight excluding hydrogens is 598 g/mol. The lowest BCUT2D eigenvalue weighted by molar-refractivity contribution is -0.135. The molecule has 0 spiro atoms. The third-order valence-corrected chi connectivity index (χ3v) is 7.33. The number of ether oxygens (including phenoxy) is 1. The van der Waals surface area contributed by atoms with Gasteiger partial charge in [0.2, 0.25) is 23.6 Å². The van der Waals surface area contributed by atoms with E-state index in [1.165, 1.54) is 0 Å². The zero-order valence-corrected chi connectivity index (χ0v) is 26.9. The van der Waals surface area contributed by atoms with Crippen molar-refractivity contribution >= 4 is 29.4 Å². The van der Waals surface area contributed by atoms with Crippen LogP contribution in [0.5, 0.6) is 0 Å². The number of nitrogens with one attached hydrogen (secondary N) is 3. The van der Waals surface area contributed by atoms with Gasteiger partial charge in [-0.2, -0.15) is 0 Å². The molecule has 4 atom stereocenters. The Labute approximate surface area is 275 Å². The minimum Gasteiger partial charge on any atom is -0.375 e. The first-order valence-corrected chi connectivity index (χ1v) is 15.7. The number of carbonyl (C=O) groups excluding carboxylic acids is 5. The number of rotatable bonds is 19. The molecule has 11 heteroatoms. The molecule has 0 radical (unpaired) electrons. The number of primary amides is 1. The number of ketones is 1. The highest BCUT2D eigenvalue weighted by Gasteiger charge is 2.32. The van der Waals surface area contributed by atoms with Crippen LogP contribution >= 0.6 is 0 Å². The number of carbonyl (C=O) groups is 5. The van der Waals surface area contributed by atoms with E-state index in [9.17, 15) is 24.0 Å². The Morgan fingerprint density at radius 1 is 0.660 bits per heavy atom. The maximum absolute atomic E-state index is 13.6. The lowest BCUT2D eigenvalue weighted by atomic mass is 9.97. The van der Waals surface area contributed by atoms with Crippen molar-refractivity contribution in [3.8, 4) is 0 Å². The fraction of sp³-hybridized carbons (Fsp3) is 0.361. The van der Waals surface area contributed by atoms with Crippen LogP contribution in [0.3, 0.4) is 0 Å². The van der Waals surface area contributed by atoms with Gasteiger partial charge in [-0.25, -0.2) is 0 Å². The van der Waals surface area contributed by atoms with E-state index < -0.39 is 54.2 Å². The van der Waals surface area contributed by atoms with Gasteiger partial charge in [-0.05, 0) is 35.4 Å². The normalized spacial score (nSPS) is 13.5. The third kappa shape index (κ3) is 13.2. The van der Waals surface area contributed by atoms with E-state index in [0.717, 1.165) is 16.7 Å². The first-order valence-electron chi connectivity index (χ1n) is 15.7. The second kappa shape index (κ2) is 18.9. The second-order valence-electron chi connectivity index (χ2n) is 11.9. The molecular formula is C36H45N5O6. The highest BCUT2D eigenvalue weighted by molar-refractivity contribution is 5.97. The third-order valence-electron chi connectivity index (χ3n) is 7.33. The number of nitrogens with two attached hydrogens (primary N) is 2. The van der Waals surface area contributed by atoms with Gasteiger partial charge in [0.15, 0.2) is 5.78 Å². The number of hydrogen-bond donors (Lipinski definition) is 5. The summed E-state index contributed by atoms with van der Waals surface area (Å²) in [6.45, 7) is 3.93. The molecule has 0 saturated heterocycles. The van der Waals surface area contributed by atoms with Crippen molar-refractivity contribution < 1.29 is 28.7 Å². The van der Waals surface area contributed by atoms with Crippen LogP contribution < -0.4 is 27.4 Å². The lowest BCUT2D eigenvalue weighted by Gasteiger charge is -2.26. The highest BCUT2D eigenvalue weighted by Crippen LogP contribution is 2.11. The average Bonchev–Trinajstić information content (AvgIpc) is 3.04. The molecule has 0 aliphatic carbocycles. The van der Waals surface area contributed by atoms with Crippen LogP contribution in [-0.4, -0.2) is 60.2 Å². The largest absolute Gasteiger partial charge is 0.375 e. The summed E-state index contributed by atoms with van der Waals surface area (Å²) >= 11 is 0. The molecule has 47 heavy (non-hydrogen) atoms. The zero-order chi connectivity index (χ0) is 34.2. The summed E-state index contributed by atoms with van der Waals surface area (Å²) in [7, 11) is 0. The molecule has 3 rings (SSSR count). The quantitative estimate of drug-likeness (QED) is 0.132.